The Morgan fingerprint density at radius 2 is 1.88 bits per heavy atom. The Hall–Kier alpha value is -1.74. The first kappa shape index (κ1) is 10.8. The molecule has 0 fully saturated rings. The number of rotatable bonds is 2. The largest absolute Gasteiger partial charge is 0.411 e. The van der Waals surface area contributed by atoms with Crippen molar-refractivity contribution in [3.8, 4) is 5.69 Å². The van der Waals surface area contributed by atoms with Crippen LogP contribution in [-0.4, -0.2) is 16.0 Å². The maximum atomic E-state index is 8.56. The normalized spacial score (nSPS) is 11.1. The smallest absolute Gasteiger partial charge is 0.114 e. The molecule has 1 aromatic carbocycles. The van der Waals surface area contributed by atoms with E-state index in [4.69, 9.17) is 16.8 Å². The van der Waals surface area contributed by atoms with Gasteiger partial charge in [0.2, 0.25) is 0 Å². The van der Waals surface area contributed by atoms with E-state index in [1.165, 1.54) is 11.8 Å². The van der Waals surface area contributed by atoms with Crippen LogP contribution in [0.3, 0.4) is 0 Å². The van der Waals surface area contributed by atoms with Gasteiger partial charge in [-0.05, 0) is 31.2 Å². The summed E-state index contributed by atoms with van der Waals surface area (Å²) in [4.78, 5) is 0. The number of hydrogen-bond acceptors (Lipinski definition) is 2. The monoisotopic (exact) mass is 234 g/mol. The fourth-order valence-corrected chi connectivity index (χ4v) is 1.81. The Kier molecular flexibility index (Phi) is 2.97. The van der Waals surface area contributed by atoms with Crippen molar-refractivity contribution in [3.63, 3.8) is 0 Å². The lowest BCUT2D eigenvalue weighted by atomic mass is 10.2. The second-order valence-electron chi connectivity index (χ2n) is 3.50. The average molecular weight is 235 g/mol. The van der Waals surface area contributed by atoms with Crippen LogP contribution < -0.4 is 0 Å². The third kappa shape index (κ3) is 1.95. The predicted octanol–water partition coefficient (Wildman–Crippen LogP) is 3.25. The Morgan fingerprint density at radius 3 is 2.50 bits per heavy atom. The minimum absolute atomic E-state index is 0.582. The van der Waals surface area contributed by atoms with Crippen molar-refractivity contribution in [2.45, 2.75) is 6.92 Å². The van der Waals surface area contributed by atoms with E-state index in [0.29, 0.717) is 5.15 Å². The zero-order valence-electron chi connectivity index (χ0n) is 8.76. The lowest BCUT2D eigenvalue weighted by Crippen LogP contribution is -1.99. The first-order valence-corrected chi connectivity index (χ1v) is 5.22. The van der Waals surface area contributed by atoms with Crippen molar-refractivity contribution in [2.75, 3.05) is 0 Å². The quantitative estimate of drug-likeness (QED) is 0.484. The summed E-state index contributed by atoms with van der Waals surface area (Å²) in [5, 5.41) is 12.2. The second kappa shape index (κ2) is 4.41. The number of aromatic nitrogens is 1. The van der Waals surface area contributed by atoms with Gasteiger partial charge in [0.25, 0.3) is 0 Å². The van der Waals surface area contributed by atoms with Crippen LogP contribution >= 0.6 is 11.6 Å². The number of halogens is 1. The Bertz CT molecular complexity index is 514. The molecule has 0 aliphatic heterocycles. The van der Waals surface area contributed by atoms with Crippen LogP contribution in [0.4, 0.5) is 0 Å². The molecule has 0 radical (unpaired) electrons. The van der Waals surface area contributed by atoms with E-state index >= 15 is 0 Å². The standard InChI is InChI=1S/C12H11ClN2O/c1-9-2-4-10(5-3-9)15-11(8-14-16)6-7-12(15)13/h2-8,16H,1H3/b14-8+. The molecule has 1 N–H and O–H groups in total. The first-order valence-electron chi connectivity index (χ1n) is 4.84. The predicted molar refractivity (Wildman–Crippen MR) is 64.9 cm³/mol. The van der Waals surface area contributed by atoms with Crippen LogP contribution in [-0.2, 0) is 0 Å². The third-order valence-corrected chi connectivity index (χ3v) is 2.64. The average Bonchev–Trinajstić information content (AvgIpc) is 2.62. The Morgan fingerprint density at radius 1 is 1.19 bits per heavy atom. The zero-order chi connectivity index (χ0) is 11.5. The van der Waals surface area contributed by atoms with Crippen molar-refractivity contribution in [3.05, 3.63) is 52.8 Å². The van der Waals surface area contributed by atoms with E-state index in [2.05, 4.69) is 5.16 Å². The third-order valence-electron chi connectivity index (χ3n) is 2.35. The topological polar surface area (TPSA) is 37.5 Å². The molecule has 3 nitrogen and oxygen atoms in total. The van der Waals surface area contributed by atoms with Crippen LogP contribution in [0.15, 0.2) is 41.6 Å². The molecule has 1 heterocycles. The molecular formula is C12H11ClN2O. The molecule has 0 aliphatic rings. The maximum absolute atomic E-state index is 8.56. The van der Waals surface area contributed by atoms with Gasteiger partial charge in [-0.25, -0.2) is 0 Å². The van der Waals surface area contributed by atoms with Crippen molar-refractivity contribution in [1.82, 2.24) is 4.57 Å². The van der Waals surface area contributed by atoms with E-state index in [1.807, 2.05) is 31.2 Å². The molecule has 0 bridgehead atoms. The molecule has 2 rings (SSSR count). The molecular weight excluding hydrogens is 224 g/mol. The summed E-state index contributed by atoms with van der Waals surface area (Å²) in [7, 11) is 0. The first-order chi connectivity index (χ1) is 7.72. The Balaban J connectivity index is 2.54. The van der Waals surface area contributed by atoms with E-state index in [1.54, 1.807) is 16.7 Å². The van der Waals surface area contributed by atoms with Crippen molar-refractivity contribution >= 4 is 17.8 Å². The van der Waals surface area contributed by atoms with Gasteiger partial charge in [0.05, 0.1) is 11.9 Å². The molecule has 0 atom stereocenters. The fourth-order valence-electron chi connectivity index (χ4n) is 1.55. The molecule has 0 amide bonds. The van der Waals surface area contributed by atoms with Gasteiger partial charge in [-0.2, -0.15) is 0 Å². The number of benzene rings is 1. The number of aryl methyl sites for hydroxylation is 1. The van der Waals surface area contributed by atoms with E-state index in [9.17, 15) is 0 Å². The highest BCUT2D eigenvalue weighted by Crippen LogP contribution is 2.20. The molecule has 16 heavy (non-hydrogen) atoms. The molecule has 4 heteroatoms. The van der Waals surface area contributed by atoms with Crippen molar-refractivity contribution < 1.29 is 5.21 Å². The highest BCUT2D eigenvalue weighted by atomic mass is 35.5. The summed E-state index contributed by atoms with van der Waals surface area (Å²) in [5.74, 6) is 0. The molecule has 0 spiro atoms. The van der Waals surface area contributed by atoms with Crippen LogP contribution in [0.5, 0.6) is 0 Å². The summed E-state index contributed by atoms with van der Waals surface area (Å²) in [6, 6.07) is 11.5. The van der Waals surface area contributed by atoms with Crippen LogP contribution in [0, 0.1) is 6.92 Å². The van der Waals surface area contributed by atoms with Crippen molar-refractivity contribution in [2.24, 2.45) is 5.16 Å². The van der Waals surface area contributed by atoms with E-state index in [-0.39, 0.29) is 0 Å². The molecule has 82 valence electrons. The molecule has 0 unspecified atom stereocenters. The van der Waals surface area contributed by atoms with Crippen molar-refractivity contribution in [1.29, 1.82) is 0 Å². The lowest BCUT2D eigenvalue weighted by Gasteiger charge is -2.07. The summed E-state index contributed by atoms with van der Waals surface area (Å²) >= 11 is 6.07. The van der Waals surface area contributed by atoms with Gasteiger partial charge in [-0.1, -0.05) is 34.5 Å². The summed E-state index contributed by atoms with van der Waals surface area (Å²) in [6.07, 6.45) is 1.35. The van der Waals surface area contributed by atoms with Gasteiger partial charge in [0, 0.05) is 5.69 Å². The fraction of sp³-hybridized carbons (Fsp3) is 0.0833. The highest BCUT2D eigenvalue weighted by molar-refractivity contribution is 6.30. The maximum Gasteiger partial charge on any atom is 0.114 e. The molecule has 2 aromatic rings. The summed E-state index contributed by atoms with van der Waals surface area (Å²) < 4.78 is 1.81. The van der Waals surface area contributed by atoms with E-state index < -0.39 is 0 Å². The Labute approximate surface area is 98.6 Å². The highest BCUT2D eigenvalue weighted by Gasteiger charge is 2.06. The number of hydrogen-bond donors (Lipinski definition) is 1. The van der Waals surface area contributed by atoms with Crippen LogP contribution in [0.2, 0.25) is 5.15 Å². The van der Waals surface area contributed by atoms with Gasteiger partial charge in [-0.3, -0.25) is 4.57 Å². The van der Waals surface area contributed by atoms with Gasteiger partial charge in [0.1, 0.15) is 5.15 Å². The molecule has 0 aliphatic carbocycles. The molecule has 0 saturated carbocycles. The van der Waals surface area contributed by atoms with Gasteiger partial charge < -0.3 is 5.21 Å². The lowest BCUT2D eigenvalue weighted by molar-refractivity contribution is 0.321. The van der Waals surface area contributed by atoms with E-state index in [0.717, 1.165) is 11.4 Å². The molecule has 0 saturated heterocycles. The van der Waals surface area contributed by atoms with Gasteiger partial charge in [-0.15, -0.1) is 0 Å². The SMILES string of the molecule is Cc1ccc(-n2c(Cl)ccc2/C=N/O)cc1. The minimum atomic E-state index is 0.582. The second-order valence-corrected chi connectivity index (χ2v) is 3.88. The van der Waals surface area contributed by atoms with Gasteiger partial charge >= 0.3 is 0 Å². The zero-order valence-corrected chi connectivity index (χ0v) is 9.52. The minimum Gasteiger partial charge on any atom is -0.411 e. The van der Waals surface area contributed by atoms with Crippen LogP contribution in [0.1, 0.15) is 11.3 Å². The van der Waals surface area contributed by atoms with Gasteiger partial charge in [0.15, 0.2) is 0 Å². The number of oxime groups is 1. The molecule has 1 aromatic heterocycles. The summed E-state index contributed by atoms with van der Waals surface area (Å²) in [5.41, 5.74) is 2.86. The number of nitrogens with zero attached hydrogens (tertiary/aromatic N) is 2. The summed E-state index contributed by atoms with van der Waals surface area (Å²) in [6.45, 7) is 2.02. The van der Waals surface area contributed by atoms with Crippen LogP contribution in [0.25, 0.3) is 5.69 Å².